The summed E-state index contributed by atoms with van der Waals surface area (Å²) in [5.41, 5.74) is 8.25. The molecule has 0 amide bonds. The van der Waals surface area contributed by atoms with Crippen molar-refractivity contribution in [3.8, 4) is 17.0 Å². The average Bonchev–Trinajstić information content (AvgIpc) is 2.74. The summed E-state index contributed by atoms with van der Waals surface area (Å²) >= 11 is 3.53. The van der Waals surface area contributed by atoms with Crippen molar-refractivity contribution >= 4 is 21.8 Å². The van der Waals surface area contributed by atoms with E-state index in [-0.39, 0.29) is 0 Å². The maximum absolute atomic E-state index is 5.51. The first-order valence-electron chi connectivity index (χ1n) is 5.24. The maximum Gasteiger partial charge on any atom is 0.222 e. The molecule has 90 valence electrons. The van der Waals surface area contributed by atoms with E-state index in [2.05, 4.69) is 28.0 Å². The van der Waals surface area contributed by atoms with Crippen LogP contribution in [0, 0.1) is 0 Å². The van der Waals surface area contributed by atoms with Gasteiger partial charge in [-0.15, -0.1) is 0 Å². The lowest BCUT2D eigenvalue weighted by atomic mass is 10.1. The smallest absolute Gasteiger partial charge is 0.222 e. The molecular formula is C12H13BrN2O2. The molecule has 4 nitrogen and oxygen atoms in total. The van der Waals surface area contributed by atoms with Crippen LogP contribution < -0.4 is 10.5 Å². The number of hydrogen-bond donors (Lipinski definition) is 1. The Labute approximate surface area is 108 Å². The SMILES string of the molecule is CCc1c(Br)cc(-c2cc(N)on2)cc1OC. The monoisotopic (exact) mass is 296 g/mol. The van der Waals surface area contributed by atoms with Crippen LogP contribution in [0.15, 0.2) is 27.2 Å². The van der Waals surface area contributed by atoms with Crippen LogP contribution >= 0.6 is 15.9 Å². The number of benzene rings is 1. The van der Waals surface area contributed by atoms with Crippen LogP contribution in [0.25, 0.3) is 11.3 Å². The normalized spacial score (nSPS) is 10.5. The van der Waals surface area contributed by atoms with E-state index >= 15 is 0 Å². The molecule has 2 N–H and O–H groups in total. The van der Waals surface area contributed by atoms with Crippen molar-refractivity contribution in [1.29, 1.82) is 0 Å². The topological polar surface area (TPSA) is 61.3 Å². The molecule has 0 unspecified atom stereocenters. The van der Waals surface area contributed by atoms with Gasteiger partial charge >= 0.3 is 0 Å². The highest BCUT2D eigenvalue weighted by Gasteiger charge is 2.12. The van der Waals surface area contributed by atoms with Gasteiger partial charge in [0.25, 0.3) is 0 Å². The van der Waals surface area contributed by atoms with Crippen LogP contribution in [0.3, 0.4) is 0 Å². The van der Waals surface area contributed by atoms with Crippen molar-refractivity contribution in [2.45, 2.75) is 13.3 Å². The number of nitrogens with zero attached hydrogens (tertiary/aromatic N) is 1. The number of halogens is 1. The minimum atomic E-state index is 0.301. The Morgan fingerprint density at radius 2 is 2.18 bits per heavy atom. The second kappa shape index (κ2) is 4.79. The van der Waals surface area contributed by atoms with Crippen molar-refractivity contribution in [2.75, 3.05) is 12.8 Å². The van der Waals surface area contributed by atoms with Crippen LogP contribution in [0.5, 0.6) is 5.75 Å². The number of nitrogens with two attached hydrogens (primary N) is 1. The Balaban J connectivity index is 2.53. The fourth-order valence-corrected chi connectivity index (χ4v) is 2.43. The molecule has 1 heterocycles. The van der Waals surface area contributed by atoms with Crippen LogP contribution in [-0.2, 0) is 6.42 Å². The van der Waals surface area contributed by atoms with Gasteiger partial charge in [0, 0.05) is 21.7 Å². The highest BCUT2D eigenvalue weighted by Crippen LogP contribution is 2.33. The molecule has 0 aliphatic rings. The molecule has 0 saturated carbocycles. The maximum atomic E-state index is 5.51. The average molecular weight is 297 g/mol. The Morgan fingerprint density at radius 1 is 1.41 bits per heavy atom. The number of aromatic nitrogens is 1. The van der Waals surface area contributed by atoms with Crippen molar-refractivity contribution in [3.05, 3.63) is 28.2 Å². The fraction of sp³-hybridized carbons (Fsp3) is 0.250. The third-order valence-corrected chi connectivity index (χ3v) is 3.26. The van der Waals surface area contributed by atoms with Gasteiger partial charge in [-0.1, -0.05) is 28.0 Å². The third-order valence-electron chi connectivity index (χ3n) is 2.55. The zero-order chi connectivity index (χ0) is 12.4. The molecule has 1 aromatic heterocycles. The van der Waals surface area contributed by atoms with Crippen molar-refractivity contribution in [2.24, 2.45) is 0 Å². The number of rotatable bonds is 3. The Kier molecular flexibility index (Phi) is 3.38. The summed E-state index contributed by atoms with van der Waals surface area (Å²) in [6.07, 6.45) is 0.894. The molecule has 0 aliphatic heterocycles. The van der Waals surface area contributed by atoms with Gasteiger partial charge in [0.1, 0.15) is 11.4 Å². The van der Waals surface area contributed by atoms with E-state index in [4.69, 9.17) is 15.0 Å². The van der Waals surface area contributed by atoms with Crippen molar-refractivity contribution < 1.29 is 9.26 Å². The fourth-order valence-electron chi connectivity index (χ4n) is 1.71. The Hall–Kier alpha value is -1.49. The van der Waals surface area contributed by atoms with Gasteiger partial charge in [-0.25, -0.2) is 0 Å². The predicted molar refractivity (Wildman–Crippen MR) is 70.0 cm³/mol. The summed E-state index contributed by atoms with van der Waals surface area (Å²) in [6, 6.07) is 5.60. The molecule has 1 aromatic carbocycles. The van der Waals surface area contributed by atoms with Crippen LogP contribution in [-0.4, -0.2) is 12.3 Å². The summed E-state index contributed by atoms with van der Waals surface area (Å²) in [5.74, 6) is 1.13. The summed E-state index contributed by atoms with van der Waals surface area (Å²) < 4.78 is 11.2. The van der Waals surface area contributed by atoms with Gasteiger partial charge in [0.15, 0.2) is 0 Å². The van der Waals surface area contributed by atoms with Gasteiger partial charge in [-0.05, 0) is 18.6 Å². The zero-order valence-corrected chi connectivity index (χ0v) is 11.2. The summed E-state index contributed by atoms with van der Waals surface area (Å²) in [5, 5.41) is 3.88. The van der Waals surface area contributed by atoms with Gasteiger partial charge in [-0.2, -0.15) is 0 Å². The second-order valence-corrected chi connectivity index (χ2v) is 4.46. The molecule has 0 saturated heterocycles. The standard InChI is InChI=1S/C12H13BrN2O2/c1-3-8-9(13)4-7(5-11(8)16-2)10-6-12(14)17-15-10/h4-6H,3,14H2,1-2H3. The minimum Gasteiger partial charge on any atom is -0.496 e. The van der Waals surface area contributed by atoms with E-state index in [1.807, 2.05) is 12.1 Å². The quantitative estimate of drug-likeness (QED) is 0.944. The molecule has 2 aromatic rings. The molecular weight excluding hydrogens is 284 g/mol. The lowest BCUT2D eigenvalue weighted by Gasteiger charge is -2.10. The van der Waals surface area contributed by atoms with E-state index in [0.29, 0.717) is 11.6 Å². The summed E-state index contributed by atoms with van der Waals surface area (Å²) in [6.45, 7) is 2.08. The number of nitrogen functional groups attached to an aromatic ring is 1. The molecule has 2 rings (SSSR count). The molecule has 17 heavy (non-hydrogen) atoms. The zero-order valence-electron chi connectivity index (χ0n) is 9.66. The van der Waals surface area contributed by atoms with E-state index in [9.17, 15) is 0 Å². The van der Waals surface area contributed by atoms with Gasteiger partial charge in [-0.3, -0.25) is 0 Å². The molecule has 5 heteroatoms. The van der Waals surface area contributed by atoms with E-state index < -0.39 is 0 Å². The minimum absolute atomic E-state index is 0.301. The van der Waals surface area contributed by atoms with Crippen LogP contribution in [0.2, 0.25) is 0 Å². The number of hydrogen-bond acceptors (Lipinski definition) is 4. The Morgan fingerprint density at radius 3 is 2.71 bits per heavy atom. The van der Waals surface area contributed by atoms with Gasteiger partial charge < -0.3 is 15.0 Å². The first kappa shape index (κ1) is 12.0. The molecule has 0 bridgehead atoms. The van der Waals surface area contributed by atoms with E-state index in [1.165, 1.54) is 0 Å². The Bertz CT molecular complexity index is 537. The van der Waals surface area contributed by atoms with E-state index in [1.54, 1.807) is 13.2 Å². The van der Waals surface area contributed by atoms with Crippen molar-refractivity contribution in [1.82, 2.24) is 5.16 Å². The lowest BCUT2D eigenvalue weighted by molar-refractivity contribution is 0.409. The molecule has 0 spiro atoms. The molecule has 0 atom stereocenters. The largest absolute Gasteiger partial charge is 0.496 e. The number of anilines is 1. The highest BCUT2D eigenvalue weighted by atomic mass is 79.9. The van der Waals surface area contributed by atoms with E-state index in [0.717, 1.165) is 27.8 Å². The first-order valence-corrected chi connectivity index (χ1v) is 6.04. The lowest BCUT2D eigenvalue weighted by Crippen LogP contribution is -1.93. The third kappa shape index (κ3) is 2.29. The second-order valence-electron chi connectivity index (χ2n) is 3.61. The highest BCUT2D eigenvalue weighted by molar-refractivity contribution is 9.10. The molecule has 0 aliphatic carbocycles. The predicted octanol–water partition coefficient (Wildman–Crippen LogP) is 3.26. The van der Waals surface area contributed by atoms with Gasteiger partial charge in [0.05, 0.1) is 7.11 Å². The van der Waals surface area contributed by atoms with Gasteiger partial charge in [0.2, 0.25) is 5.88 Å². The number of methoxy groups -OCH3 is 1. The first-order chi connectivity index (χ1) is 8.15. The van der Waals surface area contributed by atoms with Crippen molar-refractivity contribution in [3.63, 3.8) is 0 Å². The number of ether oxygens (including phenoxy) is 1. The van der Waals surface area contributed by atoms with Crippen LogP contribution in [0.1, 0.15) is 12.5 Å². The van der Waals surface area contributed by atoms with Crippen LogP contribution in [0.4, 0.5) is 5.88 Å². The summed E-state index contributed by atoms with van der Waals surface area (Å²) in [7, 11) is 1.65. The summed E-state index contributed by atoms with van der Waals surface area (Å²) in [4.78, 5) is 0. The molecule has 0 fully saturated rings. The molecule has 0 radical (unpaired) electrons.